The lowest BCUT2D eigenvalue weighted by molar-refractivity contribution is 0.210. The van der Waals surface area contributed by atoms with Gasteiger partial charge in [0.25, 0.3) is 0 Å². The highest BCUT2D eigenvalue weighted by molar-refractivity contribution is 6.28. The van der Waals surface area contributed by atoms with Crippen molar-refractivity contribution in [3.8, 4) is 0 Å². The molecular formula is C8H14ClN5O. The van der Waals surface area contributed by atoms with E-state index in [2.05, 4.69) is 20.3 Å². The Bertz CT molecular complexity index is 320. The summed E-state index contributed by atoms with van der Waals surface area (Å²) in [6.07, 6.45) is 0. The molecule has 0 saturated heterocycles. The van der Waals surface area contributed by atoms with E-state index in [4.69, 9.17) is 16.3 Å². The van der Waals surface area contributed by atoms with Crippen LogP contribution in [0, 0.1) is 0 Å². The minimum absolute atomic E-state index is 0.175. The predicted octanol–water partition coefficient (Wildman–Crippen LogP) is 0.649. The van der Waals surface area contributed by atoms with Crippen molar-refractivity contribution in [2.75, 3.05) is 44.6 Å². The summed E-state index contributed by atoms with van der Waals surface area (Å²) in [6.45, 7) is 1.21. The standard InChI is InChI=1S/C8H14ClN5O/c1-14(2)8-12-6(9)11-7(13-8)10-4-5-15-3/h4-5H2,1-3H3,(H,10,11,12,13). The van der Waals surface area contributed by atoms with Gasteiger partial charge < -0.3 is 15.0 Å². The molecule has 1 N–H and O–H groups in total. The minimum Gasteiger partial charge on any atom is -0.383 e. The van der Waals surface area contributed by atoms with Gasteiger partial charge in [-0.3, -0.25) is 0 Å². The Hall–Kier alpha value is -1.14. The van der Waals surface area contributed by atoms with Crippen molar-refractivity contribution in [2.24, 2.45) is 0 Å². The van der Waals surface area contributed by atoms with Crippen LogP contribution in [0.5, 0.6) is 0 Å². The second-order valence-electron chi connectivity index (χ2n) is 3.04. The maximum Gasteiger partial charge on any atom is 0.230 e. The van der Waals surface area contributed by atoms with Gasteiger partial charge in [0.15, 0.2) is 0 Å². The number of anilines is 2. The summed E-state index contributed by atoms with van der Waals surface area (Å²) in [5.74, 6) is 0.977. The summed E-state index contributed by atoms with van der Waals surface area (Å²) < 4.78 is 4.89. The summed E-state index contributed by atoms with van der Waals surface area (Å²) >= 11 is 5.75. The number of hydrogen-bond acceptors (Lipinski definition) is 6. The van der Waals surface area contributed by atoms with E-state index in [9.17, 15) is 0 Å². The first-order valence-electron chi connectivity index (χ1n) is 4.45. The highest BCUT2D eigenvalue weighted by Crippen LogP contribution is 2.10. The van der Waals surface area contributed by atoms with E-state index in [0.29, 0.717) is 25.0 Å². The van der Waals surface area contributed by atoms with Gasteiger partial charge in [-0.2, -0.15) is 15.0 Å². The zero-order valence-corrected chi connectivity index (χ0v) is 9.75. The van der Waals surface area contributed by atoms with Gasteiger partial charge in [-0.15, -0.1) is 0 Å². The number of nitrogens with zero attached hydrogens (tertiary/aromatic N) is 4. The predicted molar refractivity (Wildman–Crippen MR) is 59.5 cm³/mol. The van der Waals surface area contributed by atoms with Crippen molar-refractivity contribution < 1.29 is 4.74 Å². The van der Waals surface area contributed by atoms with Crippen LogP contribution in [0.2, 0.25) is 5.28 Å². The lowest BCUT2D eigenvalue weighted by Crippen LogP contribution is -2.16. The Morgan fingerprint density at radius 2 is 2.07 bits per heavy atom. The second kappa shape index (κ2) is 5.67. The van der Waals surface area contributed by atoms with Gasteiger partial charge in [-0.25, -0.2) is 0 Å². The molecule has 0 spiro atoms. The molecule has 0 aliphatic carbocycles. The van der Waals surface area contributed by atoms with E-state index in [1.54, 1.807) is 12.0 Å². The molecule has 1 rings (SSSR count). The molecule has 7 heteroatoms. The molecule has 84 valence electrons. The fourth-order valence-corrected chi connectivity index (χ4v) is 1.04. The molecule has 0 amide bonds. The van der Waals surface area contributed by atoms with Gasteiger partial charge in [-0.05, 0) is 11.6 Å². The molecular weight excluding hydrogens is 218 g/mol. The minimum atomic E-state index is 0.175. The van der Waals surface area contributed by atoms with E-state index < -0.39 is 0 Å². The van der Waals surface area contributed by atoms with Gasteiger partial charge >= 0.3 is 0 Å². The zero-order chi connectivity index (χ0) is 11.3. The normalized spacial score (nSPS) is 10.1. The summed E-state index contributed by atoms with van der Waals surface area (Å²) in [5, 5.41) is 3.16. The van der Waals surface area contributed by atoms with Gasteiger partial charge in [0.05, 0.1) is 6.61 Å². The number of methoxy groups -OCH3 is 1. The Kier molecular flexibility index (Phi) is 4.51. The Labute approximate surface area is 93.6 Å². The van der Waals surface area contributed by atoms with Crippen LogP contribution in [0.1, 0.15) is 0 Å². The highest BCUT2D eigenvalue weighted by atomic mass is 35.5. The van der Waals surface area contributed by atoms with Crippen LogP contribution in [0.25, 0.3) is 0 Å². The van der Waals surface area contributed by atoms with Crippen LogP contribution in [-0.2, 0) is 4.74 Å². The molecule has 15 heavy (non-hydrogen) atoms. The van der Waals surface area contributed by atoms with Crippen molar-refractivity contribution in [3.05, 3.63) is 5.28 Å². The molecule has 0 aromatic carbocycles. The van der Waals surface area contributed by atoms with Gasteiger partial charge in [-0.1, -0.05) is 0 Å². The van der Waals surface area contributed by atoms with Gasteiger partial charge in [0.1, 0.15) is 0 Å². The zero-order valence-electron chi connectivity index (χ0n) is 8.99. The van der Waals surface area contributed by atoms with Crippen LogP contribution in [0.4, 0.5) is 11.9 Å². The van der Waals surface area contributed by atoms with Crippen molar-refractivity contribution >= 4 is 23.5 Å². The molecule has 1 aromatic heterocycles. The Balaban J connectivity index is 2.71. The number of ether oxygens (including phenoxy) is 1. The SMILES string of the molecule is COCCNc1nc(Cl)nc(N(C)C)n1. The molecule has 0 atom stereocenters. The summed E-state index contributed by atoms with van der Waals surface area (Å²) in [4.78, 5) is 13.8. The Morgan fingerprint density at radius 3 is 2.67 bits per heavy atom. The van der Waals surface area contributed by atoms with Crippen LogP contribution in [0.3, 0.4) is 0 Å². The number of halogens is 1. The lowest BCUT2D eigenvalue weighted by Gasteiger charge is -2.11. The smallest absolute Gasteiger partial charge is 0.230 e. The van der Waals surface area contributed by atoms with Crippen LogP contribution in [-0.4, -0.2) is 49.3 Å². The first-order valence-corrected chi connectivity index (χ1v) is 4.83. The van der Waals surface area contributed by atoms with E-state index in [0.717, 1.165) is 0 Å². The molecule has 0 unspecified atom stereocenters. The van der Waals surface area contributed by atoms with Crippen molar-refractivity contribution in [3.63, 3.8) is 0 Å². The van der Waals surface area contributed by atoms with Crippen LogP contribution < -0.4 is 10.2 Å². The average molecular weight is 232 g/mol. The first kappa shape index (κ1) is 11.9. The van der Waals surface area contributed by atoms with Crippen molar-refractivity contribution in [2.45, 2.75) is 0 Å². The third-order valence-corrected chi connectivity index (χ3v) is 1.75. The van der Waals surface area contributed by atoms with E-state index in [1.165, 1.54) is 0 Å². The average Bonchev–Trinajstić information content (AvgIpc) is 2.17. The molecule has 1 heterocycles. The Morgan fingerprint density at radius 1 is 1.33 bits per heavy atom. The third kappa shape index (κ3) is 3.85. The first-order chi connectivity index (χ1) is 7.13. The summed E-state index contributed by atoms with van der Waals surface area (Å²) in [6, 6.07) is 0. The second-order valence-corrected chi connectivity index (χ2v) is 3.38. The molecule has 0 aliphatic heterocycles. The van der Waals surface area contributed by atoms with Crippen molar-refractivity contribution in [1.82, 2.24) is 15.0 Å². The highest BCUT2D eigenvalue weighted by Gasteiger charge is 2.05. The maximum atomic E-state index is 5.75. The molecule has 0 radical (unpaired) electrons. The quantitative estimate of drug-likeness (QED) is 0.751. The van der Waals surface area contributed by atoms with Gasteiger partial charge in [0.2, 0.25) is 17.2 Å². The van der Waals surface area contributed by atoms with E-state index >= 15 is 0 Å². The number of rotatable bonds is 5. The van der Waals surface area contributed by atoms with Crippen LogP contribution in [0.15, 0.2) is 0 Å². The third-order valence-electron chi connectivity index (χ3n) is 1.59. The maximum absolute atomic E-state index is 5.75. The lowest BCUT2D eigenvalue weighted by atomic mass is 10.7. The molecule has 0 fully saturated rings. The monoisotopic (exact) mass is 231 g/mol. The van der Waals surface area contributed by atoms with Crippen molar-refractivity contribution in [1.29, 1.82) is 0 Å². The molecule has 1 aromatic rings. The molecule has 0 aliphatic rings. The number of hydrogen-bond donors (Lipinski definition) is 1. The van der Waals surface area contributed by atoms with E-state index in [-0.39, 0.29) is 5.28 Å². The molecule has 0 bridgehead atoms. The van der Waals surface area contributed by atoms with E-state index in [1.807, 2.05) is 14.1 Å². The fourth-order valence-electron chi connectivity index (χ4n) is 0.884. The topological polar surface area (TPSA) is 63.2 Å². The summed E-state index contributed by atoms with van der Waals surface area (Å²) in [5.41, 5.74) is 0. The molecule has 6 nitrogen and oxygen atoms in total. The van der Waals surface area contributed by atoms with Gasteiger partial charge in [0, 0.05) is 27.7 Å². The number of nitrogens with one attached hydrogen (secondary N) is 1. The molecule has 0 saturated carbocycles. The number of aromatic nitrogens is 3. The summed E-state index contributed by atoms with van der Waals surface area (Å²) in [7, 11) is 5.31. The van der Waals surface area contributed by atoms with Crippen LogP contribution >= 0.6 is 11.6 Å². The largest absolute Gasteiger partial charge is 0.383 e. The fraction of sp³-hybridized carbons (Fsp3) is 0.625.